The van der Waals surface area contributed by atoms with Crippen molar-refractivity contribution in [1.82, 2.24) is 0 Å². The first-order valence-electron chi connectivity index (χ1n) is 5.93. The van der Waals surface area contributed by atoms with Gasteiger partial charge in [-0.05, 0) is 24.5 Å². The molecule has 1 aliphatic heterocycles. The van der Waals surface area contributed by atoms with Gasteiger partial charge in [-0.2, -0.15) is 0 Å². The van der Waals surface area contributed by atoms with Crippen LogP contribution in [0.4, 0.5) is 5.69 Å². The normalized spacial score (nSPS) is 13.2. The summed E-state index contributed by atoms with van der Waals surface area (Å²) in [5, 5.41) is 0. The first kappa shape index (κ1) is 12.5. The summed E-state index contributed by atoms with van der Waals surface area (Å²) in [6, 6.07) is 3.76. The third-order valence-electron chi connectivity index (χ3n) is 2.84. The average Bonchev–Trinajstić information content (AvgIpc) is 2.37. The molecule has 0 bridgehead atoms. The smallest absolute Gasteiger partial charge is 0.335 e. The summed E-state index contributed by atoms with van der Waals surface area (Å²) in [5.74, 6) is 0.861. The molecule has 1 aromatic carbocycles. The zero-order chi connectivity index (χ0) is 13.1. The zero-order valence-electron chi connectivity index (χ0n) is 10.7. The number of ether oxygens (including phenoxy) is 2. The first-order valence-corrected chi connectivity index (χ1v) is 5.93. The second-order valence-corrected chi connectivity index (χ2v) is 4.37. The maximum Gasteiger partial charge on any atom is 0.335 e. The minimum Gasteiger partial charge on any atom is -0.491 e. The van der Waals surface area contributed by atoms with E-state index < -0.39 is 5.97 Å². The molecule has 0 aliphatic carbocycles. The third kappa shape index (κ3) is 2.32. The van der Waals surface area contributed by atoms with Crippen LogP contribution in [0, 0.1) is 0 Å². The monoisotopic (exact) mass is 247 g/mol. The summed E-state index contributed by atoms with van der Waals surface area (Å²) in [5.41, 5.74) is 1.96. The van der Waals surface area contributed by atoms with Crippen molar-refractivity contribution in [2.45, 2.75) is 12.8 Å². The Morgan fingerprint density at radius 2 is 2.28 bits per heavy atom. The van der Waals surface area contributed by atoms with E-state index >= 15 is 0 Å². The summed E-state index contributed by atoms with van der Waals surface area (Å²) < 4.78 is 11.0. The Morgan fingerprint density at radius 3 is 2.94 bits per heavy atom. The highest BCUT2D eigenvalue weighted by molar-refractivity contribution is 5.85. The number of esters is 1. The van der Waals surface area contributed by atoms with Gasteiger partial charge in [-0.15, -0.1) is 0 Å². The number of benzene rings is 1. The number of aryl methyl sites for hydroxylation is 1. The van der Waals surface area contributed by atoms with Crippen molar-refractivity contribution in [3.8, 4) is 11.5 Å². The molecular formula is C14H17NO3. The molecule has 4 heteroatoms. The second-order valence-electron chi connectivity index (χ2n) is 4.37. The van der Waals surface area contributed by atoms with Gasteiger partial charge in [0.05, 0.1) is 6.61 Å². The molecule has 0 N–H and O–H groups in total. The molecule has 0 aromatic heterocycles. The Hall–Kier alpha value is -1.97. The van der Waals surface area contributed by atoms with E-state index in [1.54, 1.807) is 0 Å². The molecule has 0 fully saturated rings. The van der Waals surface area contributed by atoms with Gasteiger partial charge in [-0.25, -0.2) is 4.79 Å². The van der Waals surface area contributed by atoms with Crippen LogP contribution < -0.4 is 14.4 Å². The molecular weight excluding hydrogens is 230 g/mol. The number of fused-ring (bicyclic) bond motifs is 1. The maximum absolute atomic E-state index is 11.3. The van der Waals surface area contributed by atoms with Crippen LogP contribution in [-0.2, 0) is 11.2 Å². The lowest BCUT2D eigenvalue weighted by Crippen LogP contribution is -2.18. The average molecular weight is 247 g/mol. The number of nitrogens with zero attached hydrogens (tertiary/aromatic N) is 1. The number of rotatable bonds is 3. The Balaban J connectivity index is 2.46. The number of carbonyl (C=O) groups is 1. The Labute approximate surface area is 107 Å². The summed E-state index contributed by atoms with van der Waals surface area (Å²) in [7, 11) is 3.80. The van der Waals surface area contributed by atoms with Gasteiger partial charge in [0.15, 0.2) is 5.75 Å². The van der Waals surface area contributed by atoms with Gasteiger partial charge in [0, 0.05) is 20.2 Å². The molecule has 96 valence electrons. The highest BCUT2D eigenvalue weighted by atomic mass is 16.5. The lowest BCUT2D eigenvalue weighted by Gasteiger charge is -2.25. The quantitative estimate of drug-likeness (QED) is 0.466. The summed E-state index contributed by atoms with van der Waals surface area (Å²) in [6.07, 6.45) is 3.16. The molecule has 1 aromatic rings. The Morgan fingerprint density at radius 1 is 1.50 bits per heavy atom. The van der Waals surface area contributed by atoms with Gasteiger partial charge >= 0.3 is 5.97 Å². The molecule has 0 atom stereocenters. The van der Waals surface area contributed by atoms with Crippen molar-refractivity contribution < 1.29 is 14.3 Å². The van der Waals surface area contributed by atoms with Crippen LogP contribution in [0.3, 0.4) is 0 Å². The van der Waals surface area contributed by atoms with Gasteiger partial charge in [-0.3, -0.25) is 0 Å². The van der Waals surface area contributed by atoms with Crippen molar-refractivity contribution in [3.05, 3.63) is 30.4 Å². The molecule has 0 radical (unpaired) electrons. The van der Waals surface area contributed by atoms with Crippen molar-refractivity contribution in [3.63, 3.8) is 0 Å². The fourth-order valence-corrected chi connectivity index (χ4v) is 2.05. The predicted molar refractivity (Wildman–Crippen MR) is 70.4 cm³/mol. The fraction of sp³-hybridized carbons (Fsp3) is 0.357. The molecule has 0 saturated heterocycles. The van der Waals surface area contributed by atoms with Crippen LogP contribution in [0.25, 0.3) is 0 Å². The van der Waals surface area contributed by atoms with E-state index in [2.05, 4.69) is 6.58 Å². The first-order chi connectivity index (χ1) is 8.63. The van der Waals surface area contributed by atoms with Crippen LogP contribution in [0.15, 0.2) is 24.8 Å². The second kappa shape index (κ2) is 5.12. The predicted octanol–water partition coefficient (Wildman–Crippen LogP) is 2.17. The van der Waals surface area contributed by atoms with Crippen LogP contribution in [0.5, 0.6) is 11.5 Å². The SMILES string of the molecule is C=CC(=O)Oc1ccc2c(c1N(C)C)OCCC2. The van der Waals surface area contributed by atoms with Crippen molar-refractivity contribution in [2.24, 2.45) is 0 Å². The van der Waals surface area contributed by atoms with E-state index in [-0.39, 0.29) is 0 Å². The summed E-state index contributed by atoms with van der Waals surface area (Å²) >= 11 is 0. The van der Waals surface area contributed by atoms with Gasteiger partial charge in [-0.1, -0.05) is 12.6 Å². The molecule has 0 unspecified atom stereocenters. The number of anilines is 1. The maximum atomic E-state index is 11.3. The van der Waals surface area contributed by atoms with Crippen LogP contribution >= 0.6 is 0 Å². The Bertz CT molecular complexity index is 480. The van der Waals surface area contributed by atoms with E-state index in [1.807, 2.05) is 31.1 Å². The van der Waals surface area contributed by atoms with Crippen molar-refractivity contribution >= 4 is 11.7 Å². The van der Waals surface area contributed by atoms with Crippen molar-refractivity contribution in [1.29, 1.82) is 0 Å². The van der Waals surface area contributed by atoms with Crippen LogP contribution in [-0.4, -0.2) is 26.7 Å². The van der Waals surface area contributed by atoms with E-state index in [1.165, 1.54) is 0 Å². The Kier molecular flexibility index (Phi) is 3.55. The standard InChI is InChI=1S/C14H17NO3/c1-4-12(16)18-11-8-7-10-6-5-9-17-14(10)13(11)15(2)3/h4,7-8H,1,5-6,9H2,2-3H3. The van der Waals surface area contributed by atoms with Gasteiger partial charge in [0.1, 0.15) is 11.4 Å². The third-order valence-corrected chi connectivity index (χ3v) is 2.84. The fourth-order valence-electron chi connectivity index (χ4n) is 2.05. The zero-order valence-corrected chi connectivity index (χ0v) is 10.7. The number of hydrogen-bond acceptors (Lipinski definition) is 4. The largest absolute Gasteiger partial charge is 0.491 e. The van der Waals surface area contributed by atoms with Crippen LogP contribution in [0.2, 0.25) is 0 Å². The summed E-state index contributed by atoms with van der Waals surface area (Å²) in [6.45, 7) is 4.10. The lowest BCUT2D eigenvalue weighted by atomic mass is 10.0. The molecule has 2 rings (SSSR count). The molecule has 0 amide bonds. The molecule has 0 spiro atoms. The molecule has 18 heavy (non-hydrogen) atoms. The number of hydrogen-bond donors (Lipinski definition) is 0. The van der Waals surface area contributed by atoms with Gasteiger partial charge < -0.3 is 14.4 Å². The van der Waals surface area contributed by atoms with E-state index in [4.69, 9.17) is 9.47 Å². The lowest BCUT2D eigenvalue weighted by molar-refractivity contribution is -0.128. The van der Waals surface area contributed by atoms with E-state index in [0.29, 0.717) is 12.4 Å². The van der Waals surface area contributed by atoms with Crippen LogP contribution in [0.1, 0.15) is 12.0 Å². The topological polar surface area (TPSA) is 38.8 Å². The van der Waals surface area contributed by atoms with Crippen molar-refractivity contribution in [2.75, 3.05) is 25.6 Å². The molecule has 1 aliphatic rings. The van der Waals surface area contributed by atoms with Gasteiger partial charge in [0.2, 0.25) is 0 Å². The van der Waals surface area contributed by atoms with E-state index in [9.17, 15) is 4.79 Å². The molecule has 0 saturated carbocycles. The number of carbonyl (C=O) groups excluding carboxylic acids is 1. The van der Waals surface area contributed by atoms with E-state index in [0.717, 1.165) is 35.9 Å². The minimum atomic E-state index is -0.464. The highest BCUT2D eigenvalue weighted by Gasteiger charge is 2.21. The summed E-state index contributed by atoms with van der Waals surface area (Å²) in [4.78, 5) is 13.2. The molecule has 4 nitrogen and oxygen atoms in total. The highest BCUT2D eigenvalue weighted by Crippen LogP contribution is 2.41. The minimum absolute atomic E-state index is 0.464. The molecule has 1 heterocycles. The van der Waals surface area contributed by atoms with Gasteiger partial charge in [0.25, 0.3) is 0 Å².